The number of hydrogen-bond acceptors (Lipinski definition) is 6. The number of nitrogens with zero attached hydrogens (tertiary/aromatic N) is 3. The fourth-order valence-corrected chi connectivity index (χ4v) is 6.26. The van der Waals surface area contributed by atoms with Gasteiger partial charge in [0, 0.05) is 25.2 Å². The van der Waals surface area contributed by atoms with Crippen molar-refractivity contribution in [1.82, 2.24) is 4.90 Å². The number of hydrogen-bond donors (Lipinski definition) is 0. The molecule has 166 valence electrons. The van der Waals surface area contributed by atoms with Crippen LogP contribution in [0.1, 0.15) is 57.9 Å². The topological polar surface area (TPSA) is 83.8 Å². The molecule has 0 atom stereocenters. The van der Waals surface area contributed by atoms with Gasteiger partial charge in [-0.05, 0) is 58.7 Å². The lowest BCUT2D eigenvalue weighted by Crippen LogP contribution is -2.32. The maximum atomic E-state index is 13.8. The summed E-state index contributed by atoms with van der Waals surface area (Å²) in [5, 5.41) is 11.0. The number of anilines is 1. The van der Waals surface area contributed by atoms with E-state index in [0.717, 1.165) is 38.8 Å². The van der Waals surface area contributed by atoms with Crippen molar-refractivity contribution in [2.45, 2.75) is 62.5 Å². The average molecular weight is 436 g/mol. The molecule has 0 radical (unpaired) electrons. The molecule has 30 heavy (non-hydrogen) atoms. The Balaban J connectivity index is 2.66. The van der Waals surface area contributed by atoms with Gasteiger partial charge in [0.15, 0.2) is 9.84 Å². The molecule has 1 heterocycles. The van der Waals surface area contributed by atoms with Crippen molar-refractivity contribution in [3.05, 3.63) is 27.8 Å². The van der Waals surface area contributed by atoms with Gasteiger partial charge in [-0.2, -0.15) is 0 Å². The van der Waals surface area contributed by atoms with Crippen LogP contribution in [0.5, 0.6) is 0 Å². The SMILES string of the molecule is C#Cc1cc([N+](=O)[O-])cc(S(=O)(=O)C2CCCN(C)CCC2)c1N(CCC)CCC. The van der Waals surface area contributed by atoms with Crippen LogP contribution in [-0.4, -0.2) is 56.7 Å². The second-order valence-corrected chi connectivity index (χ2v) is 10.2. The van der Waals surface area contributed by atoms with Gasteiger partial charge in [-0.15, -0.1) is 6.42 Å². The maximum Gasteiger partial charge on any atom is 0.272 e. The molecule has 0 amide bonds. The highest BCUT2D eigenvalue weighted by Gasteiger charge is 2.34. The van der Waals surface area contributed by atoms with E-state index in [4.69, 9.17) is 6.42 Å². The highest BCUT2D eigenvalue weighted by atomic mass is 32.2. The van der Waals surface area contributed by atoms with Crippen LogP contribution in [0.2, 0.25) is 0 Å². The summed E-state index contributed by atoms with van der Waals surface area (Å²) in [5.41, 5.74) is 0.449. The van der Waals surface area contributed by atoms with Crippen LogP contribution in [0.3, 0.4) is 0 Å². The van der Waals surface area contributed by atoms with E-state index in [9.17, 15) is 18.5 Å². The number of likely N-dealkylation sites (tertiary alicyclic amines) is 1. The number of non-ortho nitro benzene ring substituents is 1. The monoisotopic (exact) mass is 435 g/mol. The normalized spacial score (nSPS) is 16.5. The predicted octanol–water partition coefficient (Wildman–Crippen LogP) is 3.85. The van der Waals surface area contributed by atoms with Gasteiger partial charge < -0.3 is 9.80 Å². The molecule has 1 aliphatic heterocycles. The highest BCUT2D eigenvalue weighted by molar-refractivity contribution is 7.92. The predicted molar refractivity (Wildman–Crippen MR) is 121 cm³/mol. The van der Waals surface area contributed by atoms with Crippen LogP contribution in [0, 0.1) is 22.5 Å². The third-order valence-electron chi connectivity index (χ3n) is 5.61. The molecule has 7 nitrogen and oxygen atoms in total. The standard InChI is InChI=1S/C22H33N3O4S/c1-5-12-24(13-6-2)22-18(7-3)16-19(25(26)27)17-21(22)30(28,29)20-10-8-14-23(4)15-9-11-20/h3,16-17,20H,5-6,8-15H2,1-2,4H3. The van der Waals surface area contributed by atoms with Crippen LogP contribution in [-0.2, 0) is 9.84 Å². The van der Waals surface area contributed by atoms with E-state index in [2.05, 4.69) is 10.8 Å². The van der Waals surface area contributed by atoms with E-state index in [-0.39, 0.29) is 16.1 Å². The Labute approximate surface area is 180 Å². The van der Waals surface area contributed by atoms with Gasteiger partial charge >= 0.3 is 0 Å². The molecule has 0 unspecified atom stereocenters. The molecular weight excluding hydrogens is 402 g/mol. The first-order valence-electron chi connectivity index (χ1n) is 10.7. The summed E-state index contributed by atoms with van der Waals surface area (Å²) in [6.45, 7) is 7.01. The second-order valence-electron chi connectivity index (χ2n) is 7.98. The van der Waals surface area contributed by atoms with E-state index in [1.807, 2.05) is 25.8 Å². The van der Waals surface area contributed by atoms with E-state index in [1.54, 1.807) is 0 Å². The van der Waals surface area contributed by atoms with Crippen molar-refractivity contribution in [3.63, 3.8) is 0 Å². The minimum atomic E-state index is -3.78. The van der Waals surface area contributed by atoms with Crippen molar-refractivity contribution in [1.29, 1.82) is 0 Å². The molecule has 0 spiro atoms. The second kappa shape index (κ2) is 10.8. The molecule has 0 aromatic heterocycles. The van der Waals surface area contributed by atoms with Crippen molar-refractivity contribution in [2.24, 2.45) is 0 Å². The largest absolute Gasteiger partial charge is 0.369 e. The molecular formula is C22H33N3O4S. The Bertz CT molecular complexity index is 876. The lowest BCUT2D eigenvalue weighted by atomic mass is 10.1. The summed E-state index contributed by atoms with van der Waals surface area (Å²) < 4.78 is 27.6. The molecule has 1 fully saturated rings. The Morgan fingerprint density at radius 3 is 2.23 bits per heavy atom. The summed E-state index contributed by atoms with van der Waals surface area (Å²) in [6.07, 6.45) is 9.98. The smallest absolute Gasteiger partial charge is 0.272 e. The fraction of sp³-hybridized carbons (Fsp3) is 0.636. The fourth-order valence-electron chi connectivity index (χ4n) is 4.15. The maximum absolute atomic E-state index is 13.8. The zero-order chi connectivity index (χ0) is 22.3. The molecule has 0 saturated carbocycles. The first-order chi connectivity index (χ1) is 14.3. The Morgan fingerprint density at radius 2 is 1.77 bits per heavy atom. The molecule has 8 heteroatoms. The van der Waals surface area contributed by atoms with Crippen molar-refractivity contribution >= 4 is 21.2 Å². The van der Waals surface area contributed by atoms with Gasteiger partial charge in [0.2, 0.25) is 0 Å². The molecule has 0 N–H and O–H groups in total. The first-order valence-corrected chi connectivity index (χ1v) is 12.3. The van der Waals surface area contributed by atoms with Gasteiger partial charge in [-0.3, -0.25) is 10.1 Å². The molecule has 1 aromatic carbocycles. The Morgan fingerprint density at radius 1 is 1.20 bits per heavy atom. The van der Waals surface area contributed by atoms with Crippen molar-refractivity contribution < 1.29 is 13.3 Å². The quantitative estimate of drug-likeness (QED) is 0.350. The van der Waals surface area contributed by atoms with Crippen LogP contribution < -0.4 is 4.90 Å². The summed E-state index contributed by atoms with van der Waals surface area (Å²) in [5.74, 6) is 2.51. The number of benzene rings is 1. The molecule has 0 bridgehead atoms. The van der Waals surface area contributed by atoms with E-state index < -0.39 is 20.0 Å². The van der Waals surface area contributed by atoms with E-state index in [1.165, 1.54) is 12.1 Å². The first kappa shape index (κ1) is 24.2. The van der Waals surface area contributed by atoms with Gasteiger partial charge in [0.1, 0.15) is 0 Å². The summed E-state index contributed by atoms with van der Waals surface area (Å²) >= 11 is 0. The van der Waals surface area contributed by atoms with Crippen LogP contribution in [0.4, 0.5) is 11.4 Å². The zero-order valence-electron chi connectivity index (χ0n) is 18.3. The third-order valence-corrected chi connectivity index (χ3v) is 7.88. The summed E-state index contributed by atoms with van der Waals surface area (Å²) in [7, 11) is -1.74. The van der Waals surface area contributed by atoms with Gasteiger partial charge in [-0.25, -0.2) is 8.42 Å². The molecule has 1 saturated heterocycles. The number of terminal acetylenes is 1. The van der Waals surface area contributed by atoms with Gasteiger partial charge in [-0.1, -0.05) is 19.8 Å². The average Bonchev–Trinajstić information content (AvgIpc) is 2.69. The molecule has 2 rings (SSSR count). The third kappa shape index (κ3) is 5.52. The van der Waals surface area contributed by atoms with Crippen LogP contribution in [0.15, 0.2) is 17.0 Å². The Kier molecular flexibility index (Phi) is 8.68. The lowest BCUT2D eigenvalue weighted by Gasteiger charge is -2.30. The molecule has 1 aromatic rings. The number of nitro groups is 1. The van der Waals surface area contributed by atoms with E-state index >= 15 is 0 Å². The van der Waals surface area contributed by atoms with Gasteiger partial charge in [0.25, 0.3) is 5.69 Å². The lowest BCUT2D eigenvalue weighted by molar-refractivity contribution is -0.385. The number of nitro benzene ring substituents is 1. The minimum absolute atomic E-state index is 0.0190. The number of rotatable bonds is 8. The van der Waals surface area contributed by atoms with Crippen LogP contribution >= 0.6 is 0 Å². The van der Waals surface area contributed by atoms with Gasteiger partial charge in [0.05, 0.1) is 26.3 Å². The summed E-state index contributed by atoms with van der Waals surface area (Å²) in [6, 6.07) is 2.54. The molecule has 0 aliphatic carbocycles. The van der Waals surface area contributed by atoms with Crippen LogP contribution in [0.25, 0.3) is 0 Å². The summed E-state index contributed by atoms with van der Waals surface area (Å²) in [4.78, 5) is 15.2. The number of sulfone groups is 1. The van der Waals surface area contributed by atoms with Crippen molar-refractivity contribution in [3.8, 4) is 12.3 Å². The van der Waals surface area contributed by atoms with E-state index in [0.29, 0.717) is 31.6 Å². The molecule has 1 aliphatic rings. The minimum Gasteiger partial charge on any atom is -0.369 e. The Hall–Kier alpha value is -2.11. The van der Waals surface area contributed by atoms with Crippen molar-refractivity contribution in [2.75, 3.05) is 38.1 Å². The zero-order valence-corrected chi connectivity index (χ0v) is 19.1. The highest BCUT2D eigenvalue weighted by Crippen LogP contribution is 2.37.